The number of nitrogens with zero attached hydrogens (tertiary/aromatic N) is 3. The van der Waals surface area contributed by atoms with Gasteiger partial charge in [-0.15, -0.1) is 11.8 Å². The van der Waals surface area contributed by atoms with Crippen LogP contribution in [0.4, 0.5) is 0 Å². The first-order valence-corrected chi connectivity index (χ1v) is 46.1. The average molecular weight is 1620 g/mol. The van der Waals surface area contributed by atoms with Crippen molar-refractivity contribution in [2.45, 2.75) is 187 Å². The molecule has 594 valence electrons. The molecule has 0 bridgehead atoms. The fourth-order valence-corrected chi connectivity index (χ4v) is 25.1. The number of carboxylic acid groups (broad SMARTS) is 1. The van der Waals surface area contributed by atoms with Crippen LogP contribution in [0, 0.1) is 76.9 Å². The van der Waals surface area contributed by atoms with Gasteiger partial charge in [-0.25, -0.2) is 21.6 Å². The summed E-state index contributed by atoms with van der Waals surface area (Å²) in [5.41, 5.74) is 9.14. The minimum atomic E-state index is -4.42. The molecule has 3 aromatic carbocycles. The number of rotatable bonds is 28. The quantitative estimate of drug-likeness (QED) is 0.00600. The van der Waals surface area contributed by atoms with Crippen molar-refractivity contribution in [2.24, 2.45) is 73.6 Å². The third kappa shape index (κ3) is 20.0. The predicted molar refractivity (Wildman–Crippen MR) is 426 cm³/mol. The Morgan fingerprint density at radius 1 is 0.716 bits per heavy atom. The van der Waals surface area contributed by atoms with Crippen LogP contribution in [0.25, 0.3) is 21.8 Å². The number of para-hydroxylation sites is 2. The van der Waals surface area contributed by atoms with E-state index in [0.29, 0.717) is 228 Å². The molecule has 14 atom stereocenters. The maximum atomic E-state index is 14.2. The molecule has 28 heteroatoms. The van der Waals surface area contributed by atoms with Gasteiger partial charge in [0.25, 0.3) is 5.91 Å². The summed E-state index contributed by atoms with van der Waals surface area (Å²) in [5.74, 6) is 2.49. The third-order valence-electron chi connectivity index (χ3n) is 26.5. The summed E-state index contributed by atoms with van der Waals surface area (Å²) in [6.07, 6.45) is 16.3. The number of aliphatic carboxylic acids is 1. The van der Waals surface area contributed by atoms with Gasteiger partial charge in [-0.3, -0.25) is 33.6 Å². The van der Waals surface area contributed by atoms with E-state index in [1.54, 1.807) is 50.2 Å². The number of ketones is 4. The fourth-order valence-electron chi connectivity index (χ4n) is 20.8. The number of aryl methyl sites for hydroxylation is 3. The van der Waals surface area contributed by atoms with E-state index in [4.69, 9.17) is 10.5 Å². The van der Waals surface area contributed by atoms with Crippen LogP contribution in [0.5, 0.6) is 5.75 Å². The molecule has 109 heavy (non-hydrogen) atoms. The molecule has 8 aliphatic rings. The van der Waals surface area contributed by atoms with Gasteiger partial charge >= 0.3 is 54.5 Å². The second kappa shape index (κ2) is 36.3. The molecule has 0 aliphatic heterocycles. The zero-order valence-corrected chi connectivity index (χ0v) is 69.1. The summed E-state index contributed by atoms with van der Waals surface area (Å²) in [6.45, 7) is 16.5. The van der Waals surface area contributed by atoms with Crippen LogP contribution in [-0.4, -0.2) is 169 Å². The van der Waals surface area contributed by atoms with Crippen molar-refractivity contribution in [1.82, 2.24) is 10.6 Å². The number of aromatic nitrogens is 1. The van der Waals surface area contributed by atoms with E-state index in [1.165, 1.54) is 17.3 Å². The number of thioether (sulfide) groups is 2. The number of nitrogens with one attached hydrogen (secondary N) is 2. The number of quaternary nitrogens is 1. The standard InChI is InChI=1S/C58H76N4O12S3.C21H28O4S.C2H6N2PS/c1-38-34-40(35-39(2)54(38)74-56(67)52-43-14-6-8-16-47(43)61(27-12-32-76(68,69)70)48-17-9-7-15-44(48)52)55(66)60-26-11-29-62(5,30-13-33-77(71,72)73)28-10-25-59-51(65)22-31-75-49-37-41-36-42(63)20-23-57(41,3)46-21-24-58(4)45(53(46)49)18-19-50(58)64;1-20-7-5-13(22)9-12(20)10-16(26-11-18(24)25)19-14-3-4-17(23)21(14,2)8-6-15(19)20;3-1-2-4-5-6/h6-9,14-17,34-35,41,45-46,49,53H,10-13,18-33,36-37H2,1-5H3,(H2-2,59,60,65,66,68,69,70,71,72,73);9,14-16,19H,3-8,10-11H2,1-2H3,(H,24,25);1-3H2/q;;+1/t41?,45?,46?,49-,53?,57+,58+,62?;14?,15?,16-,19?,20+,21+;/m11./s1. The monoisotopic (exact) mass is 1610 g/mol. The Labute approximate surface area is 657 Å². The number of hydrogen-bond donors (Lipinski definition) is 4. The van der Waals surface area contributed by atoms with Gasteiger partial charge in [0.2, 0.25) is 16.9 Å². The van der Waals surface area contributed by atoms with Crippen LogP contribution >= 0.6 is 30.7 Å². The Balaban J connectivity index is 0.000000324. The number of nitrogens with two attached hydrogens (primary N) is 1. The molecule has 1 heterocycles. The molecule has 0 saturated heterocycles. The number of carbonyl (C=O) groups is 8. The molecule has 8 unspecified atom stereocenters. The minimum absolute atomic E-state index is 0.0432. The van der Waals surface area contributed by atoms with Crippen LogP contribution < -0.4 is 25.7 Å². The van der Waals surface area contributed by atoms with Gasteiger partial charge in [0, 0.05) is 134 Å². The van der Waals surface area contributed by atoms with Crippen LogP contribution in [0.1, 0.15) is 188 Å². The Bertz CT molecular complexity index is 4380. The topological polar surface area (TPSA) is 347 Å². The summed E-state index contributed by atoms with van der Waals surface area (Å²) < 4.78 is 81.1. The number of carboxylic acids is 1. The number of pyridine rings is 1. The molecule has 2 amide bonds. The number of ether oxygens (including phenoxy) is 1. The van der Waals surface area contributed by atoms with E-state index in [-0.39, 0.29) is 69.6 Å². The van der Waals surface area contributed by atoms with Crippen LogP contribution in [-0.2, 0) is 67.4 Å². The third-order valence-corrected chi connectivity index (χ3v) is 31.4. The van der Waals surface area contributed by atoms with Gasteiger partial charge < -0.3 is 34.1 Å². The second-order valence-electron chi connectivity index (χ2n) is 33.2. The zero-order chi connectivity index (χ0) is 79.0. The Hall–Kier alpha value is -5.48. The number of allylic oxidation sites excluding steroid dienone is 1. The molecule has 12 rings (SSSR count). The first kappa shape index (κ1) is 85.9. The molecule has 0 radical (unpaired) electrons. The van der Waals surface area contributed by atoms with Crippen molar-refractivity contribution in [1.29, 1.82) is 0 Å². The number of esters is 1. The molecule has 0 spiro atoms. The Kier molecular flexibility index (Phi) is 28.6. The Morgan fingerprint density at radius 2 is 1.28 bits per heavy atom. The fraction of sp³-hybridized carbons (Fsp3) is 0.642. The van der Waals surface area contributed by atoms with E-state index < -0.39 is 43.7 Å². The van der Waals surface area contributed by atoms with Gasteiger partial charge in [-0.1, -0.05) is 57.5 Å². The van der Waals surface area contributed by atoms with Crippen molar-refractivity contribution < 1.29 is 83.2 Å². The summed E-state index contributed by atoms with van der Waals surface area (Å²) in [4.78, 5) is 103. The van der Waals surface area contributed by atoms with E-state index in [9.17, 15) is 69.4 Å². The van der Waals surface area contributed by atoms with Gasteiger partial charge in [-0.05, 0) is 172 Å². The molecule has 7 saturated carbocycles. The number of hydrogen-bond acceptors (Lipinski definition) is 20. The average Bonchev–Trinajstić information content (AvgIpc) is 1.70. The normalized spacial score (nSPS) is 28.9. The van der Waals surface area contributed by atoms with Gasteiger partial charge in [0.15, 0.2) is 12.3 Å². The molecule has 4 aromatic rings. The number of fused-ring (bicyclic) bond motifs is 12. The first-order valence-electron chi connectivity index (χ1n) is 39.0. The van der Waals surface area contributed by atoms with Crippen molar-refractivity contribution in [2.75, 3.05) is 75.9 Å². The van der Waals surface area contributed by atoms with Crippen LogP contribution in [0.3, 0.4) is 0 Å². The van der Waals surface area contributed by atoms with E-state index >= 15 is 0 Å². The van der Waals surface area contributed by atoms with Crippen molar-refractivity contribution in [3.8, 4) is 5.75 Å². The van der Waals surface area contributed by atoms with Gasteiger partial charge in [0.1, 0.15) is 23.1 Å². The number of carbonyl (C=O) groups excluding carboxylic acids is 7. The number of Topliss-reactive ketones (excluding diaryl/α,β-unsaturated/α-hetero) is 3. The molecular formula is C81H110N6O16PS5+. The molecule has 22 nitrogen and oxygen atoms in total. The van der Waals surface area contributed by atoms with Crippen LogP contribution in [0.15, 0.2) is 77.1 Å². The number of benzene rings is 3. The van der Waals surface area contributed by atoms with E-state index in [2.05, 4.69) is 54.9 Å². The van der Waals surface area contributed by atoms with Crippen molar-refractivity contribution in [3.63, 3.8) is 0 Å². The van der Waals surface area contributed by atoms with Crippen molar-refractivity contribution >= 4 is 131 Å². The van der Waals surface area contributed by atoms with Crippen molar-refractivity contribution in [3.05, 3.63) is 94.6 Å². The first-order chi connectivity index (χ1) is 51.6. The molecule has 1 aromatic heterocycles. The summed E-state index contributed by atoms with van der Waals surface area (Å²) in [7, 11) is -6.16. The molecule has 8 aliphatic carbocycles. The van der Waals surface area contributed by atoms with Gasteiger partial charge in [0.05, 0.1) is 69.0 Å². The summed E-state index contributed by atoms with van der Waals surface area (Å²) in [6, 6.07) is 17.8. The molecular weight excluding hydrogens is 1500 g/mol. The molecule has 5 N–H and O–H groups in total. The zero-order valence-electron chi connectivity index (χ0n) is 64.2. The Morgan fingerprint density at radius 3 is 1.85 bits per heavy atom. The van der Waals surface area contributed by atoms with E-state index in [0.717, 1.165) is 64.2 Å². The SMILES string of the molecule is C[C@]12CCC(=O)C=C1C[C@@H](SCC(=O)O)C1C2CC[C@]2(C)C(=O)CCC12.Cc1cc(C(=O)NCCC[N+](C)(CCCNC(=O)CCS[C@@H]2CC3CC(=O)CC[C@]3(C)C3CC[C@]4(C)C(=O)CCC4C32)CCCS(=O)(=O)[O-])cc(C)c1OC(=O)c1c2ccccc2[n+](CCCS(=O)(=O)[O-])c2ccccc12.NCCN=[P+]=S. The van der Waals surface area contributed by atoms with Gasteiger partial charge in [-0.2, -0.15) is 16.3 Å². The number of amides is 2. The summed E-state index contributed by atoms with van der Waals surface area (Å²) in [5, 5.41) is 17.0. The summed E-state index contributed by atoms with van der Waals surface area (Å²) >= 11 is 7.86. The van der Waals surface area contributed by atoms with E-state index in [1.807, 2.05) is 53.7 Å². The molecule has 7 fully saturated rings. The predicted octanol–water partition coefficient (Wildman–Crippen LogP) is 11.8. The second-order valence-corrected chi connectivity index (χ2v) is 39.8. The maximum absolute atomic E-state index is 14.2. The van der Waals surface area contributed by atoms with Crippen LogP contribution in [0.2, 0.25) is 0 Å².